The zero-order valence-electron chi connectivity index (χ0n) is 14.6. The molecule has 1 fully saturated rings. The van der Waals surface area contributed by atoms with Crippen molar-refractivity contribution in [1.82, 2.24) is 9.88 Å². The van der Waals surface area contributed by atoms with Crippen molar-refractivity contribution in [1.29, 1.82) is 0 Å². The van der Waals surface area contributed by atoms with E-state index in [9.17, 15) is 18.0 Å². The van der Waals surface area contributed by atoms with E-state index in [-0.39, 0.29) is 11.9 Å². The molecule has 1 aromatic heterocycles. The van der Waals surface area contributed by atoms with Crippen molar-refractivity contribution in [3.05, 3.63) is 54.4 Å². The molecule has 0 bridgehead atoms. The van der Waals surface area contributed by atoms with Gasteiger partial charge in [-0.15, -0.1) is 0 Å². The molecule has 1 unspecified atom stereocenters. The van der Waals surface area contributed by atoms with E-state index in [1.54, 1.807) is 41.6 Å². The Kier molecular flexibility index (Phi) is 6.94. The highest BCUT2D eigenvalue weighted by Crippen LogP contribution is 2.22. The van der Waals surface area contributed by atoms with Crippen LogP contribution in [0.4, 0.5) is 13.2 Å². The molecular formula is C18H18F3N3O4. The van der Waals surface area contributed by atoms with Gasteiger partial charge >= 0.3 is 12.1 Å². The number of benzene rings is 1. The zero-order valence-corrected chi connectivity index (χ0v) is 14.6. The predicted molar refractivity (Wildman–Crippen MR) is 92.9 cm³/mol. The SMILES string of the molecule is NC1CCN(C(=O)c2cccc(Oc3ccncc3)c2)C1.O=C(O)C(F)(F)F. The Hall–Kier alpha value is -3.14. The maximum Gasteiger partial charge on any atom is 0.490 e. The Morgan fingerprint density at radius 1 is 1.18 bits per heavy atom. The van der Waals surface area contributed by atoms with Crippen LogP contribution < -0.4 is 10.5 Å². The van der Waals surface area contributed by atoms with Gasteiger partial charge in [0.2, 0.25) is 0 Å². The van der Waals surface area contributed by atoms with Gasteiger partial charge in [-0.2, -0.15) is 13.2 Å². The first-order chi connectivity index (χ1) is 13.2. The van der Waals surface area contributed by atoms with Crippen LogP contribution in [-0.2, 0) is 4.79 Å². The zero-order chi connectivity index (χ0) is 20.7. The number of nitrogens with zero attached hydrogens (tertiary/aromatic N) is 2. The summed E-state index contributed by atoms with van der Waals surface area (Å²) in [5.41, 5.74) is 6.47. The lowest BCUT2D eigenvalue weighted by Gasteiger charge is -2.16. The summed E-state index contributed by atoms with van der Waals surface area (Å²) in [6, 6.07) is 10.8. The lowest BCUT2D eigenvalue weighted by atomic mass is 10.2. The molecule has 1 aromatic carbocycles. The van der Waals surface area contributed by atoms with Gasteiger partial charge in [-0.1, -0.05) is 6.07 Å². The molecule has 0 aliphatic carbocycles. The summed E-state index contributed by atoms with van der Waals surface area (Å²) in [6.07, 6.45) is -0.898. The molecule has 1 saturated heterocycles. The molecule has 1 amide bonds. The van der Waals surface area contributed by atoms with Gasteiger partial charge in [0.05, 0.1) is 0 Å². The van der Waals surface area contributed by atoms with Crippen molar-refractivity contribution in [3.63, 3.8) is 0 Å². The number of carboxylic acids is 1. The van der Waals surface area contributed by atoms with Gasteiger partial charge in [-0.05, 0) is 36.8 Å². The molecule has 7 nitrogen and oxygen atoms in total. The van der Waals surface area contributed by atoms with Gasteiger partial charge in [0.25, 0.3) is 5.91 Å². The third kappa shape index (κ3) is 6.23. The van der Waals surface area contributed by atoms with Crippen LogP contribution in [0, 0.1) is 0 Å². The second-order valence-corrected chi connectivity index (χ2v) is 5.92. The molecule has 28 heavy (non-hydrogen) atoms. The Morgan fingerprint density at radius 2 is 1.82 bits per heavy atom. The molecule has 1 aliphatic rings. The minimum atomic E-state index is -5.08. The molecule has 0 saturated carbocycles. The number of pyridine rings is 1. The lowest BCUT2D eigenvalue weighted by molar-refractivity contribution is -0.192. The van der Waals surface area contributed by atoms with Crippen molar-refractivity contribution in [3.8, 4) is 11.5 Å². The number of aliphatic carboxylic acids is 1. The summed E-state index contributed by atoms with van der Waals surface area (Å²) in [5, 5.41) is 7.12. The van der Waals surface area contributed by atoms with Crippen molar-refractivity contribution in [2.24, 2.45) is 5.73 Å². The van der Waals surface area contributed by atoms with Crippen molar-refractivity contribution in [2.75, 3.05) is 13.1 Å². The molecule has 1 atom stereocenters. The fourth-order valence-electron chi connectivity index (χ4n) is 2.39. The summed E-state index contributed by atoms with van der Waals surface area (Å²) in [5.74, 6) is -1.43. The molecule has 1 aliphatic heterocycles. The second kappa shape index (κ2) is 9.18. The number of alkyl halides is 3. The number of carboxylic acid groups (broad SMARTS) is 1. The van der Waals surface area contributed by atoms with Crippen LogP contribution in [0.3, 0.4) is 0 Å². The highest BCUT2D eigenvalue weighted by atomic mass is 19.4. The Bertz CT molecular complexity index is 815. The van der Waals surface area contributed by atoms with Crippen LogP contribution in [0.25, 0.3) is 0 Å². The monoisotopic (exact) mass is 397 g/mol. The number of halogens is 3. The standard InChI is InChI=1S/C16H17N3O2.C2HF3O2/c17-13-6-9-19(11-13)16(20)12-2-1-3-15(10-12)21-14-4-7-18-8-5-14;3-2(4,5)1(6)7/h1-5,7-8,10,13H,6,9,11,17H2;(H,6,7). The smallest absolute Gasteiger partial charge is 0.475 e. The van der Waals surface area contributed by atoms with E-state index in [2.05, 4.69) is 4.98 Å². The fraction of sp³-hybridized carbons (Fsp3) is 0.278. The highest BCUT2D eigenvalue weighted by molar-refractivity contribution is 5.94. The Balaban J connectivity index is 0.000000345. The first-order valence-corrected chi connectivity index (χ1v) is 8.19. The van der Waals surface area contributed by atoms with Gasteiger partial charge in [0.1, 0.15) is 11.5 Å². The molecule has 2 aromatic rings. The number of rotatable bonds is 3. The third-order valence-electron chi connectivity index (χ3n) is 3.72. The molecule has 0 spiro atoms. The van der Waals surface area contributed by atoms with Gasteiger partial charge < -0.3 is 20.5 Å². The first-order valence-electron chi connectivity index (χ1n) is 8.19. The molecule has 150 valence electrons. The van der Waals surface area contributed by atoms with Crippen LogP contribution in [0.1, 0.15) is 16.8 Å². The van der Waals surface area contributed by atoms with Crippen molar-refractivity contribution < 1.29 is 32.6 Å². The third-order valence-corrected chi connectivity index (χ3v) is 3.72. The van der Waals surface area contributed by atoms with E-state index in [0.717, 1.165) is 13.0 Å². The van der Waals surface area contributed by atoms with E-state index in [4.69, 9.17) is 20.4 Å². The topological polar surface area (TPSA) is 106 Å². The molecule has 0 radical (unpaired) electrons. The van der Waals surface area contributed by atoms with Crippen LogP contribution in [0.15, 0.2) is 48.8 Å². The van der Waals surface area contributed by atoms with Crippen LogP contribution in [0.5, 0.6) is 11.5 Å². The number of likely N-dealkylation sites (tertiary alicyclic amines) is 1. The number of nitrogens with two attached hydrogens (primary N) is 1. The Morgan fingerprint density at radius 3 is 2.36 bits per heavy atom. The van der Waals surface area contributed by atoms with Crippen molar-refractivity contribution in [2.45, 2.75) is 18.6 Å². The lowest BCUT2D eigenvalue weighted by Crippen LogP contribution is -2.31. The number of amides is 1. The maximum absolute atomic E-state index is 12.4. The summed E-state index contributed by atoms with van der Waals surface area (Å²) in [7, 11) is 0. The first kappa shape index (κ1) is 21.2. The Labute approximate surface area is 158 Å². The summed E-state index contributed by atoms with van der Waals surface area (Å²) < 4.78 is 37.5. The average molecular weight is 397 g/mol. The molecule has 3 N–H and O–H groups in total. The molecular weight excluding hydrogens is 379 g/mol. The van der Waals surface area contributed by atoms with E-state index in [1.165, 1.54) is 0 Å². The normalized spacial score (nSPS) is 16.1. The van der Waals surface area contributed by atoms with E-state index in [1.807, 2.05) is 12.1 Å². The van der Waals surface area contributed by atoms with Crippen LogP contribution in [-0.4, -0.2) is 52.2 Å². The number of carbonyl (C=O) groups excluding carboxylic acids is 1. The molecule has 3 rings (SSSR count). The number of ether oxygens (including phenoxy) is 1. The van der Waals surface area contributed by atoms with E-state index < -0.39 is 12.1 Å². The number of hydrogen-bond donors (Lipinski definition) is 2. The van der Waals surface area contributed by atoms with Gasteiger partial charge in [-0.3, -0.25) is 9.78 Å². The second-order valence-electron chi connectivity index (χ2n) is 5.92. The van der Waals surface area contributed by atoms with Crippen molar-refractivity contribution >= 4 is 11.9 Å². The van der Waals surface area contributed by atoms with E-state index >= 15 is 0 Å². The predicted octanol–water partition coefficient (Wildman–Crippen LogP) is 2.68. The van der Waals surface area contributed by atoms with Gasteiger partial charge in [0.15, 0.2) is 0 Å². The minimum Gasteiger partial charge on any atom is -0.475 e. The van der Waals surface area contributed by atoms with Gasteiger partial charge in [-0.25, -0.2) is 4.79 Å². The quantitative estimate of drug-likeness (QED) is 0.825. The summed E-state index contributed by atoms with van der Waals surface area (Å²) in [4.78, 5) is 27.0. The number of hydrogen-bond acceptors (Lipinski definition) is 5. The van der Waals surface area contributed by atoms with E-state index in [0.29, 0.717) is 23.6 Å². The summed E-state index contributed by atoms with van der Waals surface area (Å²) >= 11 is 0. The highest BCUT2D eigenvalue weighted by Gasteiger charge is 2.38. The fourth-order valence-corrected chi connectivity index (χ4v) is 2.39. The minimum absolute atomic E-state index is 0.00290. The van der Waals surface area contributed by atoms with Crippen LogP contribution >= 0.6 is 0 Å². The summed E-state index contributed by atoms with van der Waals surface area (Å²) in [6.45, 7) is 1.34. The molecule has 2 heterocycles. The maximum atomic E-state index is 12.4. The average Bonchev–Trinajstić information content (AvgIpc) is 3.08. The largest absolute Gasteiger partial charge is 0.490 e. The van der Waals surface area contributed by atoms with Gasteiger partial charge in [0, 0.05) is 37.1 Å². The number of carbonyl (C=O) groups is 2. The molecule has 10 heteroatoms. The number of aromatic nitrogens is 1. The van der Waals surface area contributed by atoms with Crippen LogP contribution in [0.2, 0.25) is 0 Å².